The van der Waals surface area contributed by atoms with Gasteiger partial charge in [-0.05, 0) is 14.8 Å². The second kappa shape index (κ2) is 2.76. The zero-order valence-electron chi connectivity index (χ0n) is 4.31. The molecule has 0 N–H and O–H groups in total. The van der Waals surface area contributed by atoms with E-state index in [1.807, 2.05) is 0 Å². The maximum Gasteiger partial charge on any atom is 0.0367 e. The number of rotatable bonds is 0. The molecule has 0 fully saturated rings. The molecule has 0 saturated heterocycles. The number of hydrogen-bond donors (Lipinski definition) is 0. The third-order valence-electron chi connectivity index (χ3n) is 0.927. The van der Waals surface area contributed by atoms with Gasteiger partial charge in [-0.3, -0.25) is 0 Å². The quantitative estimate of drug-likeness (QED) is 0.458. The summed E-state index contributed by atoms with van der Waals surface area (Å²) >= 11 is 0. The van der Waals surface area contributed by atoms with Crippen LogP contribution in [0, 0.1) is 0 Å². The Morgan fingerprint density at radius 1 is 0.875 bits per heavy atom. The Bertz CT molecular complexity index is 164. The van der Waals surface area contributed by atoms with Crippen molar-refractivity contribution in [3.8, 4) is 0 Å². The van der Waals surface area contributed by atoms with Crippen molar-refractivity contribution in [1.29, 1.82) is 0 Å². The van der Waals surface area contributed by atoms with Gasteiger partial charge in [-0.15, -0.1) is 0 Å². The maximum absolute atomic E-state index is 3.66. The first-order valence-electron chi connectivity index (χ1n) is 2.33. The first kappa shape index (κ1) is 6.47. The molecule has 0 nitrogen and oxygen atoms in total. The van der Waals surface area contributed by atoms with Gasteiger partial charge in [0.15, 0.2) is 0 Å². The molecular weight excluding hydrogens is 160 g/mol. The lowest BCUT2D eigenvalue weighted by molar-refractivity contribution is 1.95. The molecule has 0 aliphatic heterocycles. The molecule has 0 aliphatic carbocycles. The molecule has 6 radical (unpaired) electrons. The Labute approximate surface area is 58.2 Å². The predicted molar refractivity (Wildman–Crippen MR) is 40.6 cm³/mol. The highest BCUT2D eigenvalue weighted by Gasteiger charge is 1.86. The summed E-state index contributed by atoms with van der Waals surface area (Å²) in [5, 5.41) is 0. The van der Waals surface area contributed by atoms with E-state index in [1.165, 1.54) is 0 Å². The summed E-state index contributed by atoms with van der Waals surface area (Å²) in [6.07, 6.45) is 0. The molecule has 1 rings (SSSR count). The van der Waals surface area contributed by atoms with E-state index in [1.54, 1.807) is 0 Å². The zero-order chi connectivity index (χ0) is 5.98. The van der Waals surface area contributed by atoms with E-state index in [0.29, 0.717) is 0 Å². The molecule has 1 heterocycles. The summed E-state index contributed by atoms with van der Waals surface area (Å²) in [7, 11) is 6.69. The highest BCUT2D eigenvalue weighted by molar-refractivity contribution is 7.37. The van der Waals surface area contributed by atoms with Crippen molar-refractivity contribution >= 4 is 34.3 Å². The molecular formula is C4H4Si4. The van der Waals surface area contributed by atoms with Gasteiger partial charge in [-0.1, -0.05) is 23.5 Å². The fraction of sp³-hybridized carbons (Fsp3) is 0. The van der Waals surface area contributed by atoms with Crippen molar-refractivity contribution in [2.24, 2.45) is 0 Å². The first-order chi connectivity index (χ1) is 3.80. The summed E-state index contributed by atoms with van der Waals surface area (Å²) in [5.41, 5.74) is 4.51. The van der Waals surface area contributed by atoms with Gasteiger partial charge in [0.05, 0.1) is 0 Å². The Morgan fingerprint density at radius 3 is 1.50 bits per heavy atom. The van der Waals surface area contributed by atoms with Gasteiger partial charge in [-0.25, -0.2) is 0 Å². The first-order valence-corrected chi connectivity index (χ1v) is 9.48. The molecule has 0 aromatic carbocycles. The molecule has 0 unspecified atom stereocenters. The van der Waals surface area contributed by atoms with E-state index >= 15 is 0 Å². The monoisotopic (exact) mass is 164 g/mol. The summed E-state index contributed by atoms with van der Waals surface area (Å²) in [6.45, 7) is 0. The molecule has 0 atom stereocenters. The second-order valence-electron chi connectivity index (χ2n) is 1.55. The third kappa shape index (κ3) is 1.41. The lowest BCUT2D eigenvalue weighted by Gasteiger charge is -1.90. The zero-order valence-corrected chi connectivity index (χ0v) is 8.31. The molecule has 1 aromatic rings. The van der Waals surface area contributed by atoms with Crippen LogP contribution in [0.2, 0.25) is 0 Å². The minimum absolute atomic E-state index is 0.317. The van der Waals surface area contributed by atoms with Crippen molar-refractivity contribution < 1.29 is 0 Å². The lowest BCUT2D eigenvalue weighted by atomic mass is 10.7. The average Bonchev–Trinajstić information content (AvgIpc) is 1.77. The van der Waals surface area contributed by atoms with Gasteiger partial charge >= 0.3 is 0 Å². The molecule has 0 aliphatic rings. The van der Waals surface area contributed by atoms with E-state index < -0.39 is 0 Å². The Morgan fingerprint density at radius 2 is 1.25 bits per heavy atom. The van der Waals surface area contributed by atoms with Crippen molar-refractivity contribution in [2.45, 2.75) is 0 Å². The van der Waals surface area contributed by atoms with Crippen LogP contribution in [-0.4, -0.2) is 34.3 Å². The SMILES string of the molecule is [Si][si]1cccc[si]1[Si]. The van der Waals surface area contributed by atoms with E-state index in [-0.39, 0.29) is 14.8 Å². The molecule has 1 aromatic heterocycles. The van der Waals surface area contributed by atoms with E-state index in [2.05, 4.69) is 43.0 Å². The van der Waals surface area contributed by atoms with Crippen molar-refractivity contribution in [3.63, 3.8) is 0 Å². The molecule has 0 saturated carbocycles. The van der Waals surface area contributed by atoms with Crippen LogP contribution in [0.4, 0.5) is 0 Å². The number of hydrogen-bond acceptors (Lipinski definition) is 0. The third-order valence-corrected chi connectivity index (χ3v) is 13.4. The minimum Gasteiger partial charge on any atom is -0.0852 e. The van der Waals surface area contributed by atoms with Gasteiger partial charge in [-0.2, -0.15) is 0 Å². The smallest absolute Gasteiger partial charge is 0.0367 e. The van der Waals surface area contributed by atoms with Crippen LogP contribution in [0.3, 0.4) is 0 Å². The molecule has 0 bridgehead atoms. The van der Waals surface area contributed by atoms with Gasteiger partial charge in [0.2, 0.25) is 0 Å². The maximum atomic E-state index is 3.66. The Kier molecular flexibility index (Phi) is 2.24. The van der Waals surface area contributed by atoms with Gasteiger partial charge in [0.1, 0.15) is 0 Å². The van der Waals surface area contributed by atoms with Crippen LogP contribution < -0.4 is 0 Å². The highest BCUT2D eigenvalue weighted by atomic mass is 29.6. The van der Waals surface area contributed by atoms with Crippen LogP contribution >= 0.6 is 0 Å². The lowest BCUT2D eigenvalue weighted by Crippen LogP contribution is -2.13. The predicted octanol–water partition coefficient (Wildman–Crippen LogP) is -0.399. The Hall–Kier alpha value is 0.348. The fourth-order valence-corrected chi connectivity index (χ4v) is 5.18. The van der Waals surface area contributed by atoms with E-state index in [9.17, 15) is 0 Å². The van der Waals surface area contributed by atoms with Gasteiger partial charge in [0, 0.05) is 19.5 Å². The average molecular weight is 164 g/mol. The van der Waals surface area contributed by atoms with Crippen molar-refractivity contribution in [1.82, 2.24) is 0 Å². The van der Waals surface area contributed by atoms with Crippen LogP contribution in [0.5, 0.6) is 0 Å². The largest absolute Gasteiger partial charge is 0.0852 e. The summed E-state index contributed by atoms with van der Waals surface area (Å²) < 4.78 is 0. The standard InChI is InChI=1S/C4H4Si4/c5-7-3-1-2-4-8(7)6/h1-4H. The molecule has 4 heteroatoms. The minimum atomic E-state index is -0.317. The van der Waals surface area contributed by atoms with Crippen LogP contribution in [0.25, 0.3) is 0 Å². The molecule has 36 valence electrons. The van der Waals surface area contributed by atoms with Crippen molar-refractivity contribution in [2.75, 3.05) is 0 Å². The molecule has 0 spiro atoms. The topological polar surface area (TPSA) is 0 Å². The second-order valence-corrected chi connectivity index (χ2v) is 13.3. The summed E-state index contributed by atoms with van der Waals surface area (Å²) in [4.78, 5) is 0. The molecule has 8 heavy (non-hydrogen) atoms. The van der Waals surface area contributed by atoms with E-state index in [0.717, 1.165) is 0 Å². The highest BCUT2D eigenvalue weighted by Crippen LogP contribution is 1.77. The summed E-state index contributed by atoms with van der Waals surface area (Å²) in [6, 6.07) is 4.21. The molecule has 0 amide bonds. The summed E-state index contributed by atoms with van der Waals surface area (Å²) in [5.74, 6) is 0. The van der Waals surface area contributed by atoms with E-state index in [4.69, 9.17) is 0 Å². The van der Waals surface area contributed by atoms with Crippen LogP contribution in [0.15, 0.2) is 23.5 Å². The van der Waals surface area contributed by atoms with Gasteiger partial charge in [0.25, 0.3) is 0 Å². The normalized spacial score (nSPS) is 9.25. The van der Waals surface area contributed by atoms with Crippen molar-refractivity contribution in [3.05, 3.63) is 23.5 Å². The fourth-order valence-electron chi connectivity index (χ4n) is 0.483. The van der Waals surface area contributed by atoms with Crippen LogP contribution in [-0.2, 0) is 0 Å². The van der Waals surface area contributed by atoms with Gasteiger partial charge < -0.3 is 0 Å². The Balaban J connectivity index is 3.13. The van der Waals surface area contributed by atoms with Crippen LogP contribution in [0.1, 0.15) is 0 Å².